The van der Waals surface area contributed by atoms with Crippen molar-refractivity contribution in [1.29, 1.82) is 0 Å². The van der Waals surface area contributed by atoms with E-state index in [2.05, 4.69) is 21.2 Å². The summed E-state index contributed by atoms with van der Waals surface area (Å²) in [4.78, 5) is 11.4. The molecule has 0 atom stereocenters. The highest BCUT2D eigenvalue weighted by atomic mass is 79.9. The predicted octanol–water partition coefficient (Wildman–Crippen LogP) is 3.98. The fourth-order valence-corrected chi connectivity index (χ4v) is 1.69. The number of carbonyl (C=O) groups excluding carboxylic acids is 1. The zero-order valence-electron chi connectivity index (χ0n) is 8.60. The average molecular weight is 309 g/mol. The molecule has 0 aliphatic carbocycles. The highest BCUT2D eigenvalue weighted by Gasteiger charge is 2.04. The van der Waals surface area contributed by atoms with Crippen molar-refractivity contribution in [3.63, 3.8) is 0 Å². The smallest absolute Gasteiger partial charge is 0.224 e. The minimum absolute atomic E-state index is 0.0530. The highest BCUT2D eigenvalue weighted by molar-refractivity contribution is 9.09. The molecule has 16 heavy (non-hydrogen) atoms. The van der Waals surface area contributed by atoms with E-state index in [1.54, 1.807) is 6.07 Å². The summed E-state index contributed by atoms with van der Waals surface area (Å²) in [5, 5.41) is 3.55. The van der Waals surface area contributed by atoms with Crippen LogP contribution in [0.15, 0.2) is 18.2 Å². The number of nitrogens with one attached hydrogen (secondary N) is 1. The van der Waals surface area contributed by atoms with Gasteiger partial charge in [0.15, 0.2) is 0 Å². The van der Waals surface area contributed by atoms with Crippen molar-refractivity contribution < 1.29 is 9.18 Å². The molecule has 88 valence electrons. The Labute approximate surface area is 107 Å². The summed E-state index contributed by atoms with van der Waals surface area (Å²) in [6.07, 6.45) is 2.20. The first-order valence-corrected chi connectivity index (χ1v) is 6.44. The van der Waals surface area contributed by atoms with Crippen LogP contribution in [0.5, 0.6) is 0 Å². The number of benzene rings is 1. The Balaban J connectivity index is 2.46. The number of unbranched alkanes of at least 4 members (excludes halogenated alkanes) is 1. The lowest BCUT2D eigenvalue weighted by atomic mass is 10.2. The molecule has 1 rings (SSSR count). The Hall–Kier alpha value is -0.610. The molecular weight excluding hydrogens is 296 g/mol. The molecular formula is C11H12BrClFNO. The van der Waals surface area contributed by atoms with Crippen LogP contribution in [-0.2, 0) is 4.79 Å². The molecule has 1 amide bonds. The maximum atomic E-state index is 13.0. The molecule has 0 bridgehead atoms. The van der Waals surface area contributed by atoms with Crippen LogP contribution in [0.1, 0.15) is 19.3 Å². The number of amides is 1. The van der Waals surface area contributed by atoms with E-state index in [0.717, 1.165) is 18.2 Å². The summed E-state index contributed by atoms with van der Waals surface area (Å²) in [6, 6.07) is 4.21. The number of hydrogen-bond donors (Lipinski definition) is 1. The van der Waals surface area contributed by atoms with Gasteiger partial charge in [-0.1, -0.05) is 27.5 Å². The van der Waals surface area contributed by atoms with Gasteiger partial charge in [0, 0.05) is 17.4 Å². The van der Waals surface area contributed by atoms with Gasteiger partial charge in [-0.15, -0.1) is 0 Å². The van der Waals surface area contributed by atoms with E-state index >= 15 is 0 Å². The summed E-state index contributed by atoms with van der Waals surface area (Å²) in [6.45, 7) is 0. The number of hydrogen-bond acceptors (Lipinski definition) is 1. The third-order valence-corrected chi connectivity index (χ3v) is 2.86. The minimum Gasteiger partial charge on any atom is -0.326 e. The molecule has 0 aliphatic rings. The van der Waals surface area contributed by atoms with Crippen molar-refractivity contribution in [1.82, 2.24) is 0 Å². The number of halogens is 3. The third kappa shape index (κ3) is 4.49. The summed E-state index contributed by atoms with van der Waals surface area (Å²) in [5.74, 6) is -0.636. The van der Waals surface area contributed by atoms with E-state index in [1.165, 1.54) is 12.1 Å². The standard InChI is InChI=1S/C11H12BrClFNO/c12-6-2-1-3-11(16)15-8-4-5-9(13)10(14)7-8/h4-5,7H,1-3,6H2,(H,15,16). The van der Waals surface area contributed by atoms with Crippen molar-refractivity contribution in [2.24, 2.45) is 0 Å². The van der Waals surface area contributed by atoms with Crippen LogP contribution in [0.4, 0.5) is 10.1 Å². The van der Waals surface area contributed by atoms with Crippen LogP contribution in [-0.4, -0.2) is 11.2 Å². The van der Waals surface area contributed by atoms with E-state index in [0.29, 0.717) is 12.1 Å². The molecule has 0 spiro atoms. The molecule has 1 N–H and O–H groups in total. The predicted molar refractivity (Wildman–Crippen MR) is 67.7 cm³/mol. The highest BCUT2D eigenvalue weighted by Crippen LogP contribution is 2.18. The lowest BCUT2D eigenvalue weighted by Gasteiger charge is -2.05. The van der Waals surface area contributed by atoms with Gasteiger partial charge in [-0.05, 0) is 31.0 Å². The Morgan fingerprint density at radius 3 is 2.81 bits per heavy atom. The van der Waals surface area contributed by atoms with E-state index in [1.807, 2.05) is 0 Å². The Bertz CT molecular complexity index is 373. The molecule has 0 radical (unpaired) electrons. The van der Waals surface area contributed by atoms with Crippen LogP contribution >= 0.6 is 27.5 Å². The summed E-state index contributed by atoms with van der Waals surface area (Å²) >= 11 is 8.81. The molecule has 2 nitrogen and oxygen atoms in total. The maximum absolute atomic E-state index is 13.0. The van der Waals surface area contributed by atoms with Gasteiger partial charge >= 0.3 is 0 Å². The van der Waals surface area contributed by atoms with Crippen molar-refractivity contribution >= 4 is 39.1 Å². The van der Waals surface area contributed by atoms with Crippen LogP contribution < -0.4 is 5.32 Å². The second kappa shape index (κ2) is 6.86. The van der Waals surface area contributed by atoms with Gasteiger partial charge in [-0.2, -0.15) is 0 Å². The first kappa shape index (κ1) is 13.5. The molecule has 0 aliphatic heterocycles. The third-order valence-electron chi connectivity index (χ3n) is 1.99. The van der Waals surface area contributed by atoms with Crippen molar-refractivity contribution in [3.05, 3.63) is 29.0 Å². The first-order valence-electron chi connectivity index (χ1n) is 4.94. The summed E-state index contributed by atoms with van der Waals surface area (Å²) in [5.41, 5.74) is 0.436. The molecule has 1 aromatic carbocycles. The van der Waals surface area contributed by atoms with Gasteiger partial charge in [0.2, 0.25) is 5.91 Å². The second-order valence-corrected chi connectivity index (χ2v) is 4.52. The Morgan fingerprint density at radius 1 is 1.44 bits per heavy atom. The topological polar surface area (TPSA) is 29.1 Å². The molecule has 0 saturated heterocycles. The van der Waals surface area contributed by atoms with Gasteiger partial charge in [0.1, 0.15) is 5.82 Å². The van der Waals surface area contributed by atoms with Crippen LogP contribution in [0.3, 0.4) is 0 Å². The second-order valence-electron chi connectivity index (χ2n) is 3.32. The SMILES string of the molecule is O=C(CCCCBr)Nc1ccc(Cl)c(F)c1. The van der Waals surface area contributed by atoms with Gasteiger partial charge in [-0.25, -0.2) is 4.39 Å². The van der Waals surface area contributed by atoms with Crippen molar-refractivity contribution in [2.75, 3.05) is 10.6 Å². The minimum atomic E-state index is -0.528. The number of rotatable bonds is 5. The lowest BCUT2D eigenvalue weighted by Crippen LogP contribution is -2.11. The normalized spacial score (nSPS) is 10.2. The summed E-state index contributed by atoms with van der Waals surface area (Å²) < 4.78 is 13.0. The Kier molecular flexibility index (Phi) is 5.77. The molecule has 0 saturated carbocycles. The zero-order valence-corrected chi connectivity index (χ0v) is 10.9. The first-order chi connectivity index (χ1) is 7.63. The molecule has 0 fully saturated rings. The van der Waals surface area contributed by atoms with E-state index in [9.17, 15) is 9.18 Å². The van der Waals surface area contributed by atoms with Gasteiger partial charge in [-0.3, -0.25) is 4.79 Å². The Morgan fingerprint density at radius 2 is 2.19 bits per heavy atom. The van der Waals surface area contributed by atoms with Crippen molar-refractivity contribution in [3.8, 4) is 0 Å². The fraction of sp³-hybridized carbons (Fsp3) is 0.364. The van der Waals surface area contributed by atoms with Gasteiger partial charge in [0.05, 0.1) is 5.02 Å². The largest absolute Gasteiger partial charge is 0.326 e. The number of anilines is 1. The lowest BCUT2D eigenvalue weighted by molar-refractivity contribution is -0.116. The summed E-state index contributed by atoms with van der Waals surface area (Å²) in [7, 11) is 0. The zero-order chi connectivity index (χ0) is 12.0. The quantitative estimate of drug-likeness (QED) is 0.647. The molecule has 0 aromatic heterocycles. The number of carbonyl (C=O) groups is 1. The molecule has 5 heteroatoms. The van der Waals surface area contributed by atoms with E-state index < -0.39 is 5.82 Å². The van der Waals surface area contributed by atoms with E-state index in [4.69, 9.17) is 11.6 Å². The van der Waals surface area contributed by atoms with Crippen LogP contribution in [0.25, 0.3) is 0 Å². The molecule has 1 aromatic rings. The van der Waals surface area contributed by atoms with Crippen LogP contribution in [0, 0.1) is 5.82 Å². The van der Waals surface area contributed by atoms with Crippen molar-refractivity contribution in [2.45, 2.75) is 19.3 Å². The van der Waals surface area contributed by atoms with Gasteiger partial charge < -0.3 is 5.32 Å². The monoisotopic (exact) mass is 307 g/mol. The fourth-order valence-electron chi connectivity index (χ4n) is 1.18. The average Bonchev–Trinajstić information content (AvgIpc) is 2.24. The number of alkyl halides is 1. The maximum Gasteiger partial charge on any atom is 0.224 e. The molecule has 0 heterocycles. The van der Waals surface area contributed by atoms with Gasteiger partial charge in [0.25, 0.3) is 0 Å². The molecule has 0 unspecified atom stereocenters. The van der Waals surface area contributed by atoms with E-state index in [-0.39, 0.29) is 10.9 Å². The van der Waals surface area contributed by atoms with Crippen LogP contribution in [0.2, 0.25) is 5.02 Å².